The summed E-state index contributed by atoms with van der Waals surface area (Å²) in [4.78, 5) is 35.9. The first kappa shape index (κ1) is 27.4. The summed E-state index contributed by atoms with van der Waals surface area (Å²) in [7, 11) is 0. The maximum atomic E-state index is 12.9. The van der Waals surface area contributed by atoms with E-state index in [1.165, 1.54) is 36.0 Å². The number of nitrogens with zero attached hydrogens (tertiary/aromatic N) is 4. The fraction of sp³-hybridized carbons (Fsp3) is 0.304. The second-order valence-electron chi connectivity index (χ2n) is 8.08. The van der Waals surface area contributed by atoms with E-state index in [-0.39, 0.29) is 28.8 Å². The first-order chi connectivity index (χ1) is 17.1. The van der Waals surface area contributed by atoms with Crippen molar-refractivity contribution in [2.75, 3.05) is 11.1 Å². The average molecular weight is 551 g/mol. The number of rotatable bonds is 10. The smallest absolute Gasteiger partial charge is 0.270 e. The molecule has 2 amide bonds. The van der Waals surface area contributed by atoms with Crippen LogP contribution in [0.5, 0.6) is 0 Å². The number of nitrogens with one attached hydrogen (secondary N) is 2. The van der Waals surface area contributed by atoms with E-state index in [4.69, 9.17) is 23.2 Å². The van der Waals surface area contributed by atoms with Crippen LogP contribution in [0.2, 0.25) is 10.0 Å². The number of thioether (sulfide) groups is 1. The Morgan fingerprint density at radius 2 is 1.83 bits per heavy atom. The monoisotopic (exact) mass is 550 g/mol. The zero-order valence-corrected chi connectivity index (χ0v) is 22.0. The number of hydrogen-bond donors (Lipinski definition) is 2. The minimum absolute atomic E-state index is 0.0594. The molecule has 0 fully saturated rings. The maximum absolute atomic E-state index is 12.9. The fourth-order valence-corrected chi connectivity index (χ4v) is 4.74. The van der Waals surface area contributed by atoms with Crippen molar-refractivity contribution in [3.63, 3.8) is 0 Å². The quantitative estimate of drug-likeness (QED) is 0.197. The van der Waals surface area contributed by atoms with E-state index in [1.807, 2.05) is 25.3 Å². The van der Waals surface area contributed by atoms with Crippen LogP contribution >= 0.6 is 35.0 Å². The first-order valence-corrected chi connectivity index (χ1v) is 12.7. The molecule has 0 spiro atoms. The SMILES string of the molecule is CCn1c(SCC(=O)Nc2cc(Cl)cc(Cl)c2)nnc1[C@@H](NC(=O)c1cccc([N+](=O)[O-])c1)C(C)C. The Hall–Kier alpha value is -3.15. The van der Waals surface area contributed by atoms with Gasteiger partial charge in [-0.25, -0.2) is 0 Å². The molecule has 0 radical (unpaired) electrons. The van der Waals surface area contributed by atoms with Crippen molar-refractivity contribution in [1.82, 2.24) is 20.1 Å². The number of benzene rings is 2. The second-order valence-corrected chi connectivity index (χ2v) is 9.90. The average Bonchev–Trinajstić information content (AvgIpc) is 3.22. The van der Waals surface area contributed by atoms with E-state index >= 15 is 0 Å². The lowest BCUT2D eigenvalue weighted by Gasteiger charge is -2.22. The molecule has 3 aromatic rings. The number of halogens is 2. The largest absolute Gasteiger partial charge is 0.342 e. The van der Waals surface area contributed by atoms with Crippen molar-refractivity contribution >= 4 is 58.2 Å². The Balaban J connectivity index is 1.73. The van der Waals surface area contributed by atoms with Gasteiger partial charge in [-0.15, -0.1) is 10.2 Å². The lowest BCUT2D eigenvalue weighted by molar-refractivity contribution is -0.384. The first-order valence-electron chi connectivity index (χ1n) is 11.0. The molecule has 2 aromatic carbocycles. The summed E-state index contributed by atoms with van der Waals surface area (Å²) in [5, 5.41) is 26.6. The summed E-state index contributed by atoms with van der Waals surface area (Å²) in [6.45, 7) is 6.25. The molecular formula is C23H24Cl2N6O4S. The summed E-state index contributed by atoms with van der Waals surface area (Å²) in [5.74, 6) is -0.206. The molecule has 0 unspecified atom stereocenters. The van der Waals surface area contributed by atoms with Gasteiger partial charge in [-0.1, -0.05) is 54.9 Å². The van der Waals surface area contributed by atoms with Gasteiger partial charge in [0.2, 0.25) is 5.91 Å². The zero-order chi connectivity index (χ0) is 26.4. The zero-order valence-electron chi connectivity index (χ0n) is 19.7. The van der Waals surface area contributed by atoms with Crippen molar-refractivity contribution in [1.29, 1.82) is 0 Å². The van der Waals surface area contributed by atoms with Crippen molar-refractivity contribution in [3.8, 4) is 0 Å². The number of amides is 2. The molecule has 0 saturated carbocycles. The molecule has 0 saturated heterocycles. The number of anilines is 1. The summed E-state index contributed by atoms with van der Waals surface area (Å²) in [5.41, 5.74) is 0.488. The highest BCUT2D eigenvalue weighted by atomic mass is 35.5. The van der Waals surface area contributed by atoms with Gasteiger partial charge < -0.3 is 15.2 Å². The van der Waals surface area contributed by atoms with E-state index in [0.29, 0.717) is 33.3 Å². The van der Waals surface area contributed by atoms with Crippen molar-refractivity contribution in [2.24, 2.45) is 5.92 Å². The molecule has 3 rings (SSSR count). The van der Waals surface area contributed by atoms with Gasteiger partial charge in [0, 0.05) is 40.0 Å². The second kappa shape index (κ2) is 12.2. The third kappa shape index (κ3) is 6.96. The normalized spacial score (nSPS) is 11.8. The van der Waals surface area contributed by atoms with Crippen LogP contribution in [0, 0.1) is 16.0 Å². The molecule has 0 aliphatic heterocycles. The minimum atomic E-state index is -0.551. The molecular weight excluding hydrogens is 527 g/mol. The molecule has 0 bridgehead atoms. The van der Waals surface area contributed by atoms with Gasteiger partial charge in [-0.3, -0.25) is 19.7 Å². The fourth-order valence-electron chi connectivity index (χ4n) is 3.40. The van der Waals surface area contributed by atoms with Gasteiger partial charge in [-0.05, 0) is 37.1 Å². The highest BCUT2D eigenvalue weighted by Crippen LogP contribution is 2.27. The van der Waals surface area contributed by atoms with E-state index in [2.05, 4.69) is 20.8 Å². The summed E-state index contributed by atoms with van der Waals surface area (Å²) in [6, 6.07) is 9.78. The molecule has 36 heavy (non-hydrogen) atoms. The number of carbonyl (C=O) groups excluding carboxylic acids is 2. The molecule has 2 N–H and O–H groups in total. The van der Waals surface area contributed by atoms with Gasteiger partial charge in [0.1, 0.15) is 0 Å². The third-order valence-corrected chi connectivity index (χ3v) is 6.49. The topological polar surface area (TPSA) is 132 Å². The maximum Gasteiger partial charge on any atom is 0.270 e. The summed E-state index contributed by atoms with van der Waals surface area (Å²) in [6.07, 6.45) is 0. The summed E-state index contributed by atoms with van der Waals surface area (Å²) >= 11 is 13.2. The minimum Gasteiger partial charge on any atom is -0.342 e. The standard InChI is InChI=1S/C23H24Cl2N6O4S/c1-4-30-21(20(13(2)3)27-22(33)14-6-5-7-18(8-14)31(34)35)28-29-23(30)36-12-19(32)26-17-10-15(24)9-16(25)11-17/h5-11,13,20H,4,12H2,1-3H3,(H,26,32)(H,27,33)/t20-/m0/s1. The van der Waals surface area contributed by atoms with Crippen LogP contribution < -0.4 is 10.6 Å². The van der Waals surface area contributed by atoms with E-state index in [9.17, 15) is 19.7 Å². The van der Waals surface area contributed by atoms with Gasteiger partial charge in [-0.2, -0.15) is 0 Å². The molecule has 190 valence electrons. The van der Waals surface area contributed by atoms with Gasteiger partial charge >= 0.3 is 0 Å². The molecule has 1 atom stereocenters. The van der Waals surface area contributed by atoms with Crippen LogP contribution in [0.25, 0.3) is 0 Å². The van der Waals surface area contributed by atoms with Gasteiger partial charge in [0.05, 0.1) is 16.7 Å². The lowest BCUT2D eigenvalue weighted by Crippen LogP contribution is -2.33. The van der Waals surface area contributed by atoms with Crippen LogP contribution in [0.3, 0.4) is 0 Å². The van der Waals surface area contributed by atoms with Crippen molar-refractivity contribution < 1.29 is 14.5 Å². The van der Waals surface area contributed by atoms with Gasteiger partial charge in [0.25, 0.3) is 11.6 Å². The number of hydrogen-bond acceptors (Lipinski definition) is 7. The number of nitro benzene ring substituents is 1. The molecule has 13 heteroatoms. The van der Waals surface area contributed by atoms with Crippen molar-refractivity contribution in [3.05, 3.63) is 74.0 Å². The summed E-state index contributed by atoms with van der Waals surface area (Å²) < 4.78 is 1.83. The Morgan fingerprint density at radius 1 is 1.14 bits per heavy atom. The third-order valence-electron chi connectivity index (χ3n) is 5.09. The number of aromatic nitrogens is 3. The van der Waals surface area contributed by atoms with Crippen LogP contribution in [-0.2, 0) is 11.3 Å². The molecule has 0 aliphatic carbocycles. The molecule has 0 aliphatic rings. The highest BCUT2D eigenvalue weighted by molar-refractivity contribution is 7.99. The Kier molecular flexibility index (Phi) is 9.30. The predicted molar refractivity (Wildman–Crippen MR) is 140 cm³/mol. The lowest BCUT2D eigenvalue weighted by atomic mass is 10.0. The van der Waals surface area contributed by atoms with Gasteiger partial charge in [0.15, 0.2) is 11.0 Å². The molecule has 1 aromatic heterocycles. The molecule has 10 nitrogen and oxygen atoms in total. The van der Waals surface area contributed by atoms with Crippen molar-refractivity contribution in [2.45, 2.75) is 38.5 Å². The Bertz CT molecular complexity index is 1260. The van der Waals surface area contributed by atoms with E-state index in [0.717, 1.165) is 0 Å². The highest BCUT2D eigenvalue weighted by Gasteiger charge is 2.26. The Morgan fingerprint density at radius 3 is 2.44 bits per heavy atom. The number of carbonyl (C=O) groups is 2. The van der Waals surface area contributed by atoms with Crippen LogP contribution in [0.1, 0.15) is 43.0 Å². The van der Waals surface area contributed by atoms with Crippen LogP contribution in [0.4, 0.5) is 11.4 Å². The van der Waals surface area contributed by atoms with E-state index < -0.39 is 16.9 Å². The number of nitro groups is 1. The Labute approximate surface area is 221 Å². The molecule has 1 heterocycles. The predicted octanol–water partition coefficient (Wildman–Crippen LogP) is 5.37. The van der Waals surface area contributed by atoms with E-state index in [1.54, 1.807) is 18.2 Å². The number of non-ortho nitro benzene ring substituents is 1. The van der Waals surface area contributed by atoms with Crippen LogP contribution in [0.15, 0.2) is 47.6 Å². The van der Waals surface area contributed by atoms with Crippen LogP contribution in [-0.4, -0.2) is 37.3 Å².